The minimum absolute atomic E-state index is 0.371. The van der Waals surface area contributed by atoms with E-state index in [-0.39, 0.29) is 0 Å². The minimum atomic E-state index is -1.13. The predicted octanol–water partition coefficient (Wildman–Crippen LogP) is 3.42. The number of carbonyl (C=O) groups excluding carboxylic acids is 1. The molecular formula is C9H5Cl2FO. The number of rotatable bonds is 2. The second kappa shape index (κ2) is 4.40. The van der Waals surface area contributed by atoms with Crippen molar-refractivity contribution in [2.45, 2.75) is 0 Å². The lowest BCUT2D eigenvalue weighted by atomic mass is 10.2. The van der Waals surface area contributed by atoms with Crippen LogP contribution in [0.5, 0.6) is 0 Å². The summed E-state index contributed by atoms with van der Waals surface area (Å²) in [6.07, 6.45) is 0.998. The summed E-state index contributed by atoms with van der Waals surface area (Å²) in [4.78, 5) is 10.3. The van der Waals surface area contributed by atoms with Gasteiger partial charge in [0, 0.05) is 5.02 Å². The molecule has 4 heteroatoms. The first-order valence-electron chi connectivity index (χ1n) is 3.43. The highest BCUT2D eigenvalue weighted by atomic mass is 35.5. The molecule has 0 radical (unpaired) electrons. The summed E-state index contributed by atoms with van der Waals surface area (Å²) in [7, 11) is 0. The van der Waals surface area contributed by atoms with Crippen molar-refractivity contribution in [3.8, 4) is 0 Å². The second-order valence-electron chi connectivity index (χ2n) is 2.29. The molecule has 0 fully saturated rings. The van der Waals surface area contributed by atoms with Gasteiger partial charge in [-0.25, -0.2) is 4.39 Å². The Morgan fingerprint density at radius 3 is 2.54 bits per heavy atom. The summed E-state index contributed by atoms with van der Waals surface area (Å²) in [5.74, 6) is -1.02. The average Bonchev–Trinajstić information content (AvgIpc) is 2.08. The first kappa shape index (κ1) is 10.2. The Bertz CT molecular complexity index is 360. The molecule has 0 spiro atoms. The summed E-state index contributed by atoms with van der Waals surface area (Å²) < 4.78 is 12.7. The number of benzene rings is 1. The van der Waals surface area contributed by atoms with Crippen LogP contribution in [0.25, 0.3) is 6.08 Å². The van der Waals surface area contributed by atoms with E-state index in [1.165, 1.54) is 0 Å². The van der Waals surface area contributed by atoms with Crippen molar-refractivity contribution in [3.63, 3.8) is 0 Å². The van der Waals surface area contributed by atoms with E-state index in [4.69, 9.17) is 23.2 Å². The van der Waals surface area contributed by atoms with Crippen LogP contribution in [0.1, 0.15) is 5.56 Å². The summed E-state index contributed by atoms with van der Waals surface area (Å²) >= 11 is 10.6. The van der Waals surface area contributed by atoms with E-state index in [9.17, 15) is 9.18 Å². The Labute approximate surface area is 84.8 Å². The van der Waals surface area contributed by atoms with E-state index < -0.39 is 11.1 Å². The molecule has 0 bridgehead atoms. The Hall–Kier alpha value is -0.860. The highest BCUT2D eigenvalue weighted by Crippen LogP contribution is 2.19. The van der Waals surface area contributed by atoms with Gasteiger partial charge in [-0.15, -0.1) is 0 Å². The van der Waals surface area contributed by atoms with Gasteiger partial charge in [0.2, 0.25) is 0 Å². The third kappa shape index (κ3) is 2.83. The lowest BCUT2D eigenvalue weighted by Crippen LogP contribution is -1.85. The molecular weight excluding hydrogens is 214 g/mol. The van der Waals surface area contributed by atoms with Gasteiger partial charge in [0.05, 0.1) is 0 Å². The van der Waals surface area contributed by atoms with Gasteiger partial charge in [-0.05, 0) is 29.3 Å². The van der Waals surface area contributed by atoms with Gasteiger partial charge in [0.25, 0.3) is 5.24 Å². The monoisotopic (exact) mass is 218 g/mol. The van der Waals surface area contributed by atoms with Crippen LogP contribution in [0.4, 0.5) is 4.39 Å². The number of halogens is 3. The van der Waals surface area contributed by atoms with E-state index in [1.54, 1.807) is 24.3 Å². The lowest BCUT2D eigenvalue weighted by molar-refractivity contribution is -0.109. The topological polar surface area (TPSA) is 17.1 Å². The first-order chi connectivity index (χ1) is 6.11. The molecule has 0 aliphatic carbocycles. The molecule has 1 aromatic rings. The van der Waals surface area contributed by atoms with Crippen LogP contribution >= 0.6 is 23.2 Å². The summed E-state index contributed by atoms with van der Waals surface area (Å²) in [5.41, 5.74) is 0.427. The van der Waals surface area contributed by atoms with Gasteiger partial charge in [-0.1, -0.05) is 29.8 Å². The van der Waals surface area contributed by atoms with Crippen LogP contribution in [0.3, 0.4) is 0 Å². The van der Waals surface area contributed by atoms with Crippen LogP contribution in [0.2, 0.25) is 5.02 Å². The maximum atomic E-state index is 12.7. The molecule has 0 N–H and O–H groups in total. The van der Waals surface area contributed by atoms with Crippen LogP contribution in [0, 0.1) is 0 Å². The van der Waals surface area contributed by atoms with Crippen molar-refractivity contribution in [2.75, 3.05) is 0 Å². The molecule has 0 saturated heterocycles. The fourth-order valence-corrected chi connectivity index (χ4v) is 1.03. The fourth-order valence-electron chi connectivity index (χ4n) is 0.785. The first-order valence-corrected chi connectivity index (χ1v) is 4.18. The van der Waals surface area contributed by atoms with Crippen molar-refractivity contribution in [2.24, 2.45) is 0 Å². The van der Waals surface area contributed by atoms with E-state index >= 15 is 0 Å². The molecule has 1 rings (SSSR count). The van der Waals surface area contributed by atoms with Gasteiger partial charge < -0.3 is 0 Å². The van der Waals surface area contributed by atoms with Gasteiger partial charge in [-0.2, -0.15) is 0 Å². The largest absolute Gasteiger partial charge is 0.280 e. The van der Waals surface area contributed by atoms with Gasteiger partial charge in [-0.3, -0.25) is 4.79 Å². The molecule has 0 aliphatic rings. The van der Waals surface area contributed by atoms with Crippen molar-refractivity contribution in [1.82, 2.24) is 0 Å². The Morgan fingerprint density at radius 2 is 2.00 bits per heavy atom. The highest BCUT2D eigenvalue weighted by molar-refractivity contribution is 6.67. The molecule has 0 aromatic heterocycles. The molecule has 0 heterocycles. The summed E-state index contributed by atoms with van der Waals surface area (Å²) in [6.45, 7) is 0. The van der Waals surface area contributed by atoms with E-state index in [0.29, 0.717) is 10.6 Å². The third-order valence-corrected chi connectivity index (χ3v) is 1.90. The lowest BCUT2D eigenvalue weighted by Gasteiger charge is -1.95. The Kier molecular flexibility index (Phi) is 3.46. The van der Waals surface area contributed by atoms with Crippen molar-refractivity contribution in [1.29, 1.82) is 0 Å². The van der Waals surface area contributed by atoms with Crippen molar-refractivity contribution >= 4 is 34.5 Å². The van der Waals surface area contributed by atoms with Gasteiger partial charge >= 0.3 is 0 Å². The zero-order valence-corrected chi connectivity index (χ0v) is 7.94. The molecule has 68 valence electrons. The second-order valence-corrected chi connectivity index (χ2v) is 3.04. The highest BCUT2D eigenvalue weighted by Gasteiger charge is 2.05. The molecule has 0 amide bonds. The zero-order chi connectivity index (χ0) is 9.84. The van der Waals surface area contributed by atoms with E-state index in [1.807, 2.05) is 0 Å². The number of hydrogen-bond acceptors (Lipinski definition) is 1. The maximum Gasteiger partial charge on any atom is 0.280 e. The summed E-state index contributed by atoms with van der Waals surface area (Å²) in [6, 6.07) is 6.57. The Morgan fingerprint density at radius 1 is 1.38 bits per heavy atom. The molecule has 0 aliphatic heterocycles. The molecule has 13 heavy (non-hydrogen) atoms. The van der Waals surface area contributed by atoms with E-state index in [0.717, 1.165) is 6.08 Å². The van der Waals surface area contributed by atoms with Gasteiger partial charge in [0.1, 0.15) is 0 Å². The van der Waals surface area contributed by atoms with Gasteiger partial charge in [0.15, 0.2) is 5.83 Å². The van der Waals surface area contributed by atoms with Crippen molar-refractivity contribution in [3.05, 3.63) is 40.7 Å². The number of hydrogen-bond donors (Lipinski definition) is 0. The van der Waals surface area contributed by atoms with Crippen LogP contribution in [-0.4, -0.2) is 5.24 Å². The van der Waals surface area contributed by atoms with Crippen LogP contribution in [-0.2, 0) is 4.79 Å². The standard InChI is InChI=1S/C9H5Cl2FO/c10-7-4-2-1-3-6(7)5-8(12)9(11)13/h1-5H. The normalized spacial score (nSPS) is 11.5. The van der Waals surface area contributed by atoms with Crippen LogP contribution in [0.15, 0.2) is 30.1 Å². The molecule has 0 atom stereocenters. The number of allylic oxidation sites excluding steroid dienone is 1. The quantitative estimate of drug-likeness (QED) is 0.550. The predicted molar refractivity (Wildman–Crippen MR) is 51.4 cm³/mol. The SMILES string of the molecule is O=C(Cl)C(F)=Cc1ccccc1Cl. The van der Waals surface area contributed by atoms with E-state index in [2.05, 4.69) is 0 Å². The van der Waals surface area contributed by atoms with Crippen LogP contribution < -0.4 is 0 Å². The molecule has 1 aromatic carbocycles. The maximum absolute atomic E-state index is 12.7. The zero-order valence-electron chi connectivity index (χ0n) is 6.43. The Balaban J connectivity index is 3.04. The summed E-state index contributed by atoms with van der Waals surface area (Å²) in [5, 5.41) is -0.754. The number of carbonyl (C=O) groups is 1. The molecule has 0 saturated carbocycles. The third-order valence-electron chi connectivity index (χ3n) is 1.38. The van der Waals surface area contributed by atoms with Crippen molar-refractivity contribution < 1.29 is 9.18 Å². The smallest absolute Gasteiger partial charge is 0.273 e. The molecule has 0 unspecified atom stereocenters. The minimum Gasteiger partial charge on any atom is -0.273 e. The fraction of sp³-hybridized carbons (Fsp3) is 0. The molecule has 1 nitrogen and oxygen atoms in total. The average molecular weight is 219 g/mol.